The van der Waals surface area contributed by atoms with Gasteiger partial charge in [0.15, 0.2) is 0 Å². The highest BCUT2D eigenvalue weighted by Crippen LogP contribution is 2.16. The molecule has 1 rings (SSSR count). The monoisotopic (exact) mass is 314 g/mol. The van der Waals surface area contributed by atoms with E-state index in [-0.39, 0.29) is 12.0 Å². The van der Waals surface area contributed by atoms with Crippen molar-refractivity contribution in [3.05, 3.63) is 34.3 Å². The molecule has 1 atom stereocenters. The molecular weight excluding hydrogens is 296 g/mol. The molecule has 0 aliphatic carbocycles. The second-order valence-corrected chi connectivity index (χ2v) is 5.49. The van der Waals surface area contributed by atoms with Crippen LogP contribution in [0.1, 0.15) is 25.8 Å². The Labute approximate surface area is 116 Å². The molecule has 4 heteroatoms. The van der Waals surface area contributed by atoms with E-state index in [1.165, 1.54) is 0 Å². The van der Waals surface area contributed by atoms with E-state index in [0.29, 0.717) is 19.4 Å². The van der Waals surface area contributed by atoms with Gasteiger partial charge in [-0.1, -0.05) is 28.1 Å². The number of rotatable bonds is 7. The number of carbonyl (C=O) groups is 1. The second-order valence-electron chi connectivity index (χ2n) is 4.57. The summed E-state index contributed by atoms with van der Waals surface area (Å²) in [6.45, 7) is 4.39. The topological polar surface area (TPSA) is 46.5 Å². The standard InChI is InChI=1S/C14H19BrO3/c1-10(2)18-8-7-12(14(16)17)9-11-3-5-13(15)6-4-11/h3-6,10,12H,7-9H2,1-2H3,(H,16,17). The third-order valence-electron chi connectivity index (χ3n) is 2.66. The highest BCUT2D eigenvalue weighted by Gasteiger charge is 2.18. The molecule has 18 heavy (non-hydrogen) atoms. The largest absolute Gasteiger partial charge is 0.481 e. The van der Waals surface area contributed by atoms with Crippen LogP contribution in [0.15, 0.2) is 28.7 Å². The minimum atomic E-state index is -0.759. The molecule has 0 saturated heterocycles. The molecule has 0 aliphatic rings. The zero-order valence-electron chi connectivity index (χ0n) is 10.7. The lowest BCUT2D eigenvalue weighted by Gasteiger charge is -2.14. The first-order valence-corrected chi connectivity index (χ1v) is 6.87. The first kappa shape index (κ1) is 15.2. The summed E-state index contributed by atoms with van der Waals surface area (Å²) in [5, 5.41) is 9.19. The van der Waals surface area contributed by atoms with Crippen molar-refractivity contribution in [3.63, 3.8) is 0 Å². The van der Waals surface area contributed by atoms with E-state index in [1.807, 2.05) is 38.1 Å². The summed E-state index contributed by atoms with van der Waals surface area (Å²) >= 11 is 3.36. The SMILES string of the molecule is CC(C)OCCC(Cc1ccc(Br)cc1)C(=O)O. The number of carboxylic acids is 1. The van der Waals surface area contributed by atoms with Crippen molar-refractivity contribution < 1.29 is 14.6 Å². The Balaban J connectivity index is 2.52. The Morgan fingerprint density at radius 1 is 1.33 bits per heavy atom. The molecule has 0 fully saturated rings. The van der Waals surface area contributed by atoms with Gasteiger partial charge in [-0.25, -0.2) is 0 Å². The van der Waals surface area contributed by atoms with E-state index >= 15 is 0 Å². The molecule has 100 valence electrons. The number of aliphatic carboxylic acids is 1. The van der Waals surface area contributed by atoms with E-state index in [9.17, 15) is 9.90 Å². The molecule has 3 nitrogen and oxygen atoms in total. The van der Waals surface area contributed by atoms with Crippen LogP contribution in [0.3, 0.4) is 0 Å². The summed E-state index contributed by atoms with van der Waals surface area (Å²) in [5.41, 5.74) is 1.04. The van der Waals surface area contributed by atoms with Gasteiger partial charge in [0.2, 0.25) is 0 Å². The van der Waals surface area contributed by atoms with Crippen molar-refractivity contribution in [2.75, 3.05) is 6.61 Å². The quantitative estimate of drug-likeness (QED) is 0.837. The molecule has 0 saturated carbocycles. The lowest BCUT2D eigenvalue weighted by Crippen LogP contribution is -2.19. The average molecular weight is 315 g/mol. The van der Waals surface area contributed by atoms with E-state index in [0.717, 1.165) is 10.0 Å². The average Bonchev–Trinajstić information content (AvgIpc) is 2.30. The van der Waals surface area contributed by atoms with Crippen molar-refractivity contribution >= 4 is 21.9 Å². The highest BCUT2D eigenvalue weighted by molar-refractivity contribution is 9.10. The van der Waals surface area contributed by atoms with Gasteiger partial charge in [-0.15, -0.1) is 0 Å². The molecule has 0 radical (unpaired) electrons. The van der Waals surface area contributed by atoms with Crippen LogP contribution in [0.4, 0.5) is 0 Å². The molecule has 1 aromatic rings. The van der Waals surface area contributed by atoms with Crippen LogP contribution < -0.4 is 0 Å². The third kappa shape index (κ3) is 5.65. The minimum absolute atomic E-state index is 0.145. The molecule has 0 amide bonds. The maximum absolute atomic E-state index is 11.2. The van der Waals surface area contributed by atoms with Gasteiger partial charge < -0.3 is 9.84 Å². The van der Waals surface area contributed by atoms with Crippen molar-refractivity contribution in [2.24, 2.45) is 5.92 Å². The number of hydrogen-bond acceptors (Lipinski definition) is 2. The fourth-order valence-corrected chi connectivity index (χ4v) is 1.93. The molecule has 1 unspecified atom stereocenters. The van der Waals surface area contributed by atoms with E-state index in [4.69, 9.17) is 4.74 Å². The number of carboxylic acid groups (broad SMARTS) is 1. The van der Waals surface area contributed by atoms with Crippen LogP contribution in [0.25, 0.3) is 0 Å². The van der Waals surface area contributed by atoms with Gasteiger partial charge in [0.05, 0.1) is 12.0 Å². The van der Waals surface area contributed by atoms with Gasteiger partial charge in [-0.3, -0.25) is 4.79 Å². The molecule has 0 aromatic heterocycles. The molecule has 0 spiro atoms. The lowest BCUT2D eigenvalue weighted by atomic mass is 9.97. The molecule has 1 aromatic carbocycles. The van der Waals surface area contributed by atoms with Crippen molar-refractivity contribution in [3.8, 4) is 0 Å². The summed E-state index contributed by atoms with van der Waals surface area (Å²) in [6.07, 6.45) is 1.24. The number of benzene rings is 1. The zero-order valence-corrected chi connectivity index (χ0v) is 12.3. The zero-order chi connectivity index (χ0) is 13.5. The fraction of sp³-hybridized carbons (Fsp3) is 0.500. The van der Waals surface area contributed by atoms with Crippen LogP contribution in [-0.4, -0.2) is 23.8 Å². The maximum Gasteiger partial charge on any atom is 0.306 e. The maximum atomic E-state index is 11.2. The molecule has 1 N–H and O–H groups in total. The Kier molecular flexibility index (Phi) is 6.36. The number of ether oxygens (including phenoxy) is 1. The van der Waals surface area contributed by atoms with Gasteiger partial charge >= 0.3 is 5.97 Å². The second kappa shape index (κ2) is 7.54. The number of hydrogen-bond donors (Lipinski definition) is 1. The van der Waals surface area contributed by atoms with Crippen molar-refractivity contribution in [1.29, 1.82) is 0 Å². The van der Waals surface area contributed by atoms with Gasteiger partial charge in [-0.2, -0.15) is 0 Å². The Morgan fingerprint density at radius 2 is 1.94 bits per heavy atom. The minimum Gasteiger partial charge on any atom is -0.481 e. The Bertz CT molecular complexity index is 373. The van der Waals surface area contributed by atoms with E-state index < -0.39 is 5.97 Å². The molecule has 0 bridgehead atoms. The van der Waals surface area contributed by atoms with E-state index in [1.54, 1.807) is 0 Å². The Hall–Kier alpha value is -0.870. The summed E-state index contributed by atoms with van der Waals surface area (Å²) in [7, 11) is 0. The fourth-order valence-electron chi connectivity index (χ4n) is 1.66. The van der Waals surface area contributed by atoms with Crippen LogP contribution >= 0.6 is 15.9 Å². The van der Waals surface area contributed by atoms with Gasteiger partial charge in [0, 0.05) is 11.1 Å². The molecule has 0 heterocycles. The third-order valence-corrected chi connectivity index (χ3v) is 3.19. The first-order valence-electron chi connectivity index (χ1n) is 6.08. The normalized spacial score (nSPS) is 12.7. The highest BCUT2D eigenvalue weighted by atomic mass is 79.9. The van der Waals surface area contributed by atoms with Crippen LogP contribution in [0.5, 0.6) is 0 Å². The van der Waals surface area contributed by atoms with Crippen LogP contribution in [0, 0.1) is 5.92 Å². The molecule has 0 aliphatic heterocycles. The lowest BCUT2D eigenvalue weighted by molar-refractivity contribution is -0.142. The Morgan fingerprint density at radius 3 is 2.44 bits per heavy atom. The van der Waals surface area contributed by atoms with Crippen molar-refractivity contribution in [2.45, 2.75) is 32.8 Å². The smallest absolute Gasteiger partial charge is 0.306 e. The van der Waals surface area contributed by atoms with Crippen LogP contribution in [0.2, 0.25) is 0 Å². The summed E-state index contributed by atoms with van der Waals surface area (Å²) in [6, 6.07) is 7.75. The summed E-state index contributed by atoms with van der Waals surface area (Å²) in [5.74, 6) is -1.14. The number of halogens is 1. The van der Waals surface area contributed by atoms with E-state index in [2.05, 4.69) is 15.9 Å². The van der Waals surface area contributed by atoms with Crippen molar-refractivity contribution in [1.82, 2.24) is 0 Å². The summed E-state index contributed by atoms with van der Waals surface area (Å²) in [4.78, 5) is 11.2. The van der Waals surface area contributed by atoms with Crippen LogP contribution in [-0.2, 0) is 16.0 Å². The predicted molar refractivity (Wildman–Crippen MR) is 74.7 cm³/mol. The summed E-state index contributed by atoms with van der Waals surface area (Å²) < 4.78 is 6.41. The van der Waals surface area contributed by atoms with Gasteiger partial charge in [0.1, 0.15) is 0 Å². The molecular formula is C14H19BrO3. The van der Waals surface area contributed by atoms with Gasteiger partial charge in [0.25, 0.3) is 0 Å². The van der Waals surface area contributed by atoms with Gasteiger partial charge in [-0.05, 0) is 44.4 Å². The first-order chi connectivity index (χ1) is 8.49. The predicted octanol–water partition coefficient (Wildman–Crippen LogP) is 3.51.